The van der Waals surface area contributed by atoms with Gasteiger partial charge >= 0.3 is 0 Å². The zero-order valence-electron chi connectivity index (χ0n) is 12.2. The number of amides is 1. The fraction of sp³-hybridized carbons (Fsp3) is 0.833. The van der Waals surface area contributed by atoms with Crippen molar-refractivity contribution in [2.45, 2.75) is 44.8 Å². The van der Waals surface area contributed by atoms with E-state index in [-0.39, 0.29) is 16.6 Å². The normalized spacial score (nSPS) is 12.6. The van der Waals surface area contributed by atoms with Crippen molar-refractivity contribution in [1.82, 2.24) is 0 Å². The van der Waals surface area contributed by atoms with Gasteiger partial charge in [0.25, 0.3) is 0 Å². The Morgan fingerprint density at radius 3 is 2.70 bits per heavy atom. The van der Waals surface area contributed by atoms with Crippen LogP contribution in [-0.2, 0) is 4.79 Å². The largest absolute Gasteiger partial charge is 0.369 e. The van der Waals surface area contributed by atoms with Crippen molar-refractivity contribution in [2.75, 3.05) is 12.3 Å². The molecule has 5 nitrogen and oxygen atoms in total. The maximum absolute atomic E-state index is 11.5. The summed E-state index contributed by atoms with van der Waals surface area (Å²) in [5.74, 6) is 0.447. The van der Waals surface area contributed by atoms with Crippen LogP contribution in [0.15, 0.2) is 5.11 Å². The minimum atomic E-state index is -0.298. The first-order valence-corrected chi connectivity index (χ1v) is 8.69. The molecule has 0 aliphatic carbocycles. The molecule has 0 bridgehead atoms. The Labute approximate surface area is 134 Å². The fourth-order valence-corrected chi connectivity index (χ4v) is 5.07. The van der Waals surface area contributed by atoms with E-state index in [1.807, 2.05) is 0 Å². The van der Waals surface area contributed by atoms with E-state index in [2.05, 4.69) is 30.8 Å². The summed E-state index contributed by atoms with van der Waals surface area (Å²) in [7, 11) is 0. The molecule has 2 N–H and O–H groups in total. The third-order valence-electron chi connectivity index (χ3n) is 2.64. The molecule has 1 unspecified atom stereocenters. The highest BCUT2D eigenvalue weighted by Gasteiger charge is 2.28. The van der Waals surface area contributed by atoms with Crippen LogP contribution in [0.5, 0.6) is 0 Å². The van der Waals surface area contributed by atoms with Crippen molar-refractivity contribution in [2.24, 2.45) is 16.8 Å². The van der Waals surface area contributed by atoms with Gasteiger partial charge < -0.3 is 5.73 Å². The summed E-state index contributed by atoms with van der Waals surface area (Å²) in [5.41, 5.74) is 13.7. The van der Waals surface area contributed by atoms with Gasteiger partial charge in [0.1, 0.15) is 3.53 Å². The first-order chi connectivity index (χ1) is 9.32. The van der Waals surface area contributed by atoms with Crippen LogP contribution >= 0.6 is 35.7 Å². The van der Waals surface area contributed by atoms with E-state index < -0.39 is 0 Å². The maximum Gasteiger partial charge on any atom is 0.220 e. The molecule has 0 fully saturated rings. The summed E-state index contributed by atoms with van der Waals surface area (Å²) >= 11 is 8.56. The minimum absolute atomic E-state index is 0.128. The van der Waals surface area contributed by atoms with Gasteiger partial charge in [-0.3, -0.25) is 4.79 Å². The first-order valence-electron chi connectivity index (χ1n) is 6.48. The molecule has 0 aromatic heterocycles. The molecule has 0 saturated heterocycles. The lowest BCUT2D eigenvalue weighted by Gasteiger charge is -2.27. The standard InChI is InChI=1S/C12H22N4OS3/c1-4-19-11(18)20-12(2,3)8-9(10(13)17)6-5-7-15-16-14/h9H,4-8H2,1-3H3,(H2,13,17). The number of primary amides is 1. The van der Waals surface area contributed by atoms with Crippen molar-refractivity contribution in [1.29, 1.82) is 0 Å². The van der Waals surface area contributed by atoms with E-state index in [9.17, 15) is 4.79 Å². The Balaban J connectivity index is 4.43. The van der Waals surface area contributed by atoms with Gasteiger partial charge in [-0.05, 0) is 30.5 Å². The van der Waals surface area contributed by atoms with Crippen LogP contribution in [0.4, 0.5) is 0 Å². The number of thioether (sulfide) groups is 2. The van der Waals surface area contributed by atoms with Gasteiger partial charge in [-0.25, -0.2) is 0 Å². The third kappa shape index (κ3) is 9.47. The van der Waals surface area contributed by atoms with E-state index in [1.54, 1.807) is 23.5 Å². The molecule has 0 rings (SSSR count). The molecule has 20 heavy (non-hydrogen) atoms. The molecule has 0 radical (unpaired) electrons. The average Bonchev–Trinajstić information content (AvgIpc) is 2.32. The van der Waals surface area contributed by atoms with Gasteiger partial charge in [-0.2, -0.15) is 0 Å². The third-order valence-corrected chi connectivity index (χ3v) is 5.25. The molecule has 0 heterocycles. The van der Waals surface area contributed by atoms with Gasteiger partial charge in [0.15, 0.2) is 0 Å². The van der Waals surface area contributed by atoms with Crippen LogP contribution in [0.25, 0.3) is 10.4 Å². The van der Waals surface area contributed by atoms with Gasteiger partial charge in [-0.1, -0.05) is 38.1 Å². The van der Waals surface area contributed by atoms with Crippen molar-refractivity contribution in [3.8, 4) is 0 Å². The SMILES string of the molecule is CCSC(=S)SC(C)(C)CC(CCCN=[N+]=[N-])C(N)=O. The van der Waals surface area contributed by atoms with Crippen LogP contribution in [0.1, 0.15) is 40.0 Å². The molecule has 0 saturated carbocycles. The highest BCUT2D eigenvalue weighted by atomic mass is 32.2. The van der Waals surface area contributed by atoms with Crippen molar-refractivity contribution >= 4 is 45.2 Å². The van der Waals surface area contributed by atoms with E-state index >= 15 is 0 Å². The molecule has 8 heteroatoms. The second kappa shape index (κ2) is 10.3. The highest BCUT2D eigenvalue weighted by Crippen LogP contribution is 2.36. The lowest BCUT2D eigenvalue weighted by Crippen LogP contribution is -2.30. The Morgan fingerprint density at radius 1 is 1.55 bits per heavy atom. The lowest BCUT2D eigenvalue weighted by molar-refractivity contribution is -0.122. The Hall–Kier alpha value is -0.430. The topological polar surface area (TPSA) is 91.8 Å². The Kier molecular flexibility index (Phi) is 10.1. The number of hydrogen-bond acceptors (Lipinski definition) is 5. The summed E-state index contributed by atoms with van der Waals surface area (Å²) < 4.78 is 0.770. The van der Waals surface area contributed by atoms with E-state index in [1.165, 1.54) is 0 Å². The molecule has 0 aromatic rings. The maximum atomic E-state index is 11.5. The van der Waals surface area contributed by atoms with Gasteiger partial charge in [-0.15, -0.1) is 23.5 Å². The predicted molar refractivity (Wildman–Crippen MR) is 92.9 cm³/mol. The molecule has 1 atom stereocenters. The van der Waals surface area contributed by atoms with E-state index in [0.29, 0.717) is 25.8 Å². The number of nitrogens with two attached hydrogens (primary N) is 1. The van der Waals surface area contributed by atoms with Gasteiger partial charge in [0.05, 0.1) is 0 Å². The van der Waals surface area contributed by atoms with Crippen molar-refractivity contribution in [3.63, 3.8) is 0 Å². The number of thiocarbonyl (C=S) groups is 1. The molecular formula is C12H22N4OS3. The van der Waals surface area contributed by atoms with Gasteiger partial charge in [0, 0.05) is 22.1 Å². The van der Waals surface area contributed by atoms with Crippen LogP contribution < -0.4 is 5.73 Å². The molecular weight excluding hydrogens is 312 g/mol. The summed E-state index contributed by atoms with van der Waals surface area (Å²) in [4.78, 5) is 14.2. The molecule has 114 valence electrons. The Bertz CT molecular complexity index is 381. The first kappa shape index (κ1) is 19.6. The van der Waals surface area contributed by atoms with Crippen LogP contribution in [0.2, 0.25) is 0 Å². The quantitative estimate of drug-likeness (QED) is 0.226. The monoisotopic (exact) mass is 334 g/mol. The fourth-order valence-electron chi connectivity index (χ4n) is 1.81. The second-order valence-electron chi connectivity index (χ2n) is 4.94. The average molecular weight is 335 g/mol. The summed E-state index contributed by atoms with van der Waals surface area (Å²) in [6.45, 7) is 6.61. The number of hydrogen-bond donors (Lipinski definition) is 1. The molecule has 1 amide bonds. The number of carbonyl (C=O) groups excluding carboxylic acids is 1. The van der Waals surface area contributed by atoms with Crippen LogP contribution in [0.3, 0.4) is 0 Å². The molecule has 0 aliphatic rings. The predicted octanol–water partition coefficient (Wildman–Crippen LogP) is 4.12. The Morgan fingerprint density at radius 2 is 2.20 bits per heavy atom. The number of carbonyl (C=O) groups is 1. The van der Waals surface area contributed by atoms with Crippen molar-refractivity contribution in [3.05, 3.63) is 10.4 Å². The zero-order valence-corrected chi connectivity index (χ0v) is 14.6. The smallest absolute Gasteiger partial charge is 0.220 e. The summed E-state index contributed by atoms with van der Waals surface area (Å²) in [6, 6.07) is 0. The number of nitrogens with zero attached hydrogens (tertiary/aromatic N) is 3. The zero-order chi connectivity index (χ0) is 15.6. The molecule has 0 spiro atoms. The van der Waals surface area contributed by atoms with E-state index in [0.717, 1.165) is 9.28 Å². The number of azide groups is 1. The second-order valence-corrected chi connectivity index (χ2v) is 9.12. The minimum Gasteiger partial charge on any atom is -0.369 e. The summed E-state index contributed by atoms with van der Waals surface area (Å²) in [6.07, 6.45) is 1.99. The number of rotatable bonds is 9. The summed E-state index contributed by atoms with van der Waals surface area (Å²) in [5, 5.41) is 3.47. The lowest BCUT2D eigenvalue weighted by atomic mass is 9.92. The van der Waals surface area contributed by atoms with Crippen molar-refractivity contribution < 1.29 is 4.79 Å². The molecule has 0 aromatic carbocycles. The van der Waals surface area contributed by atoms with Gasteiger partial charge in [0.2, 0.25) is 5.91 Å². The van der Waals surface area contributed by atoms with E-state index in [4.69, 9.17) is 23.5 Å². The molecule has 0 aliphatic heterocycles. The van der Waals surface area contributed by atoms with Crippen LogP contribution in [-0.4, -0.2) is 26.5 Å². The van der Waals surface area contributed by atoms with Crippen LogP contribution in [0, 0.1) is 5.92 Å². The highest BCUT2D eigenvalue weighted by molar-refractivity contribution is 8.47.